The number of hydrogen-bond donors (Lipinski definition) is 0. The molecule has 0 saturated heterocycles. The Morgan fingerprint density at radius 3 is 2.67 bits per heavy atom. The smallest absolute Gasteiger partial charge is 0.249 e. The predicted octanol–water partition coefficient (Wildman–Crippen LogP) is 4.22. The van der Waals surface area contributed by atoms with Crippen LogP contribution in [0.25, 0.3) is 10.4 Å². The lowest BCUT2D eigenvalue weighted by molar-refractivity contribution is -0.108. The lowest BCUT2D eigenvalue weighted by Gasteiger charge is -2.31. The summed E-state index contributed by atoms with van der Waals surface area (Å²) in [5.74, 6) is -0.750. The summed E-state index contributed by atoms with van der Waals surface area (Å²) in [5, 5.41) is 13.8. The van der Waals surface area contributed by atoms with E-state index in [-0.39, 0.29) is 32.6 Å². The van der Waals surface area contributed by atoms with Crippen LogP contribution >= 0.6 is 8.58 Å². The van der Waals surface area contributed by atoms with Crippen LogP contribution in [0.5, 0.6) is 0 Å². The monoisotopic (exact) mass is 388 g/mol. The Morgan fingerprint density at radius 1 is 1.44 bits per heavy atom. The lowest BCUT2D eigenvalue weighted by Crippen LogP contribution is -2.31. The first-order valence-electron chi connectivity index (χ1n) is 8.76. The summed E-state index contributed by atoms with van der Waals surface area (Å²) in [5.41, 5.74) is 8.67. The third-order valence-electron chi connectivity index (χ3n) is 4.42. The van der Waals surface area contributed by atoms with Gasteiger partial charge in [-0.05, 0) is 53.8 Å². The van der Waals surface area contributed by atoms with Crippen LogP contribution in [0, 0.1) is 17.2 Å². The van der Waals surface area contributed by atoms with E-state index in [0.29, 0.717) is 18.3 Å². The number of carbonyl (C=O) groups excluding carboxylic acids is 2. The van der Waals surface area contributed by atoms with Crippen molar-refractivity contribution in [1.29, 1.82) is 5.26 Å². The van der Waals surface area contributed by atoms with Crippen LogP contribution in [0.4, 0.5) is 0 Å². The Balaban J connectivity index is 3.42. The highest BCUT2D eigenvalue weighted by atomic mass is 31.1. The molecule has 144 valence electrons. The van der Waals surface area contributed by atoms with Crippen molar-refractivity contribution < 1.29 is 14.3 Å². The second kappa shape index (κ2) is 10.8. The van der Waals surface area contributed by atoms with Gasteiger partial charge in [-0.25, -0.2) is 0 Å². The molecule has 0 aliphatic carbocycles. The summed E-state index contributed by atoms with van der Waals surface area (Å²) < 4.78 is 5.56. The molecule has 0 heterocycles. The quantitative estimate of drug-likeness (QED) is 0.196. The number of aldehydes is 1. The number of carbonyl (C=O) groups is 2. The van der Waals surface area contributed by atoms with Gasteiger partial charge in [0, 0.05) is 16.9 Å². The Labute approximate surface area is 161 Å². The molecular weight excluding hydrogens is 363 g/mol. The minimum absolute atomic E-state index is 0.0672. The molecule has 1 rings (SSSR count). The van der Waals surface area contributed by atoms with Crippen LogP contribution in [-0.4, -0.2) is 24.6 Å². The van der Waals surface area contributed by atoms with E-state index in [9.17, 15) is 14.9 Å². The van der Waals surface area contributed by atoms with Gasteiger partial charge in [-0.2, -0.15) is 5.26 Å². The molecule has 7 nitrogen and oxygen atoms in total. The Kier molecular flexibility index (Phi) is 9.11. The van der Waals surface area contributed by atoms with Crippen LogP contribution in [-0.2, 0) is 14.9 Å². The maximum atomic E-state index is 12.3. The Morgan fingerprint density at radius 2 is 2.15 bits per heavy atom. The molecule has 1 amide bonds. The molecule has 0 spiro atoms. The highest BCUT2D eigenvalue weighted by Gasteiger charge is 2.36. The topological polar surface area (TPSA) is 116 Å². The summed E-state index contributed by atoms with van der Waals surface area (Å²) >= 11 is 0. The number of ether oxygens (including phenoxy) is 1. The van der Waals surface area contributed by atoms with Gasteiger partial charge < -0.3 is 9.53 Å². The van der Waals surface area contributed by atoms with Crippen molar-refractivity contribution in [1.82, 2.24) is 0 Å². The highest BCUT2D eigenvalue weighted by Crippen LogP contribution is 2.37. The van der Waals surface area contributed by atoms with Crippen molar-refractivity contribution in [3.63, 3.8) is 0 Å². The first-order chi connectivity index (χ1) is 12.8. The van der Waals surface area contributed by atoms with E-state index >= 15 is 0 Å². The summed E-state index contributed by atoms with van der Waals surface area (Å²) in [6, 6.07) is 7.58. The van der Waals surface area contributed by atoms with Crippen LogP contribution in [0.1, 0.15) is 56.5 Å². The van der Waals surface area contributed by atoms with Crippen LogP contribution in [0.3, 0.4) is 0 Å². The Hall–Kier alpha value is -2.25. The molecule has 0 saturated carbocycles. The molecular formula is C19H25N4O3P. The summed E-state index contributed by atoms with van der Waals surface area (Å²) in [4.78, 5) is 25.8. The Bertz CT molecular complexity index is 767. The van der Waals surface area contributed by atoms with E-state index in [2.05, 4.69) is 16.1 Å². The molecule has 2 unspecified atom stereocenters. The van der Waals surface area contributed by atoms with Crippen LogP contribution < -0.4 is 5.30 Å². The van der Waals surface area contributed by atoms with E-state index in [1.165, 1.54) is 0 Å². The van der Waals surface area contributed by atoms with E-state index in [4.69, 9.17) is 10.3 Å². The summed E-state index contributed by atoms with van der Waals surface area (Å²) in [7, 11) is 0.204. The highest BCUT2D eigenvalue weighted by molar-refractivity contribution is 7.47. The standard InChI is InChI=1S/C19H25N4O3P/c1-13(2)19(11-20,8-5-9-24)15-6-7-17(27-12-26-14(3)4)16(10-15)18(25)22-23-21/h6-7,9-10,13-14,27H,5,8,12H2,1-4H3. The van der Waals surface area contributed by atoms with E-state index in [1.54, 1.807) is 12.1 Å². The first kappa shape index (κ1) is 22.8. The molecule has 1 aromatic rings. The van der Waals surface area contributed by atoms with Gasteiger partial charge in [-0.1, -0.05) is 34.6 Å². The molecule has 0 aliphatic rings. The molecule has 0 aromatic heterocycles. The molecule has 2 atom stereocenters. The molecule has 1 aromatic carbocycles. The number of hydrogen-bond acceptors (Lipinski definition) is 4. The molecule has 0 N–H and O–H groups in total. The maximum absolute atomic E-state index is 12.3. The molecule has 0 fully saturated rings. The SMILES string of the molecule is CC(C)OCPc1ccc(C(C#N)(CCC=O)C(C)C)cc1C(=O)N=[N+]=[N-]. The van der Waals surface area contributed by atoms with Gasteiger partial charge in [0.1, 0.15) is 6.29 Å². The first-order valence-corrected chi connectivity index (χ1v) is 9.97. The third kappa shape index (κ3) is 5.87. The van der Waals surface area contributed by atoms with Crippen molar-refractivity contribution in [3.8, 4) is 6.07 Å². The maximum Gasteiger partial charge on any atom is 0.249 e. The number of nitrogens with zero attached hydrogens (tertiary/aromatic N) is 4. The van der Waals surface area contributed by atoms with Gasteiger partial charge in [-0.3, -0.25) is 4.79 Å². The molecule has 0 aliphatic heterocycles. The number of benzene rings is 1. The summed E-state index contributed by atoms with van der Waals surface area (Å²) in [6.45, 7) is 7.68. The van der Waals surface area contributed by atoms with E-state index in [0.717, 1.165) is 11.6 Å². The predicted molar refractivity (Wildman–Crippen MR) is 106 cm³/mol. The third-order valence-corrected chi connectivity index (χ3v) is 5.55. The van der Waals surface area contributed by atoms with Crippen molar-refractivity contribution in [3.05, 3.63) is 39.8 Å². The van der Waals surface area contributed by atoms with Crippen molar-refractivity contribution in [2.24, 2.45) is 11.0 Å². The van der Waals surface area contributed by atoms with Crippen molar-refractivity contribution in [2.45, 2.75) is 52.1 Å². The molecule has 0 bridgehead atoms. The molecule has 8 heteroatoms. The van der Waals surface area contributed by atoms with Crippen molar-refractivity contribution >= 4 is 26.1 Å². The van der Waals surface area contributed by atoms with Crippen molar-refractivity contribution in [2.75, 3.05) is 6.35 Å². The lowest BCUT2D eigenvalue weighted by atomic mass is 9.69. The molecule has 0 radical (unpaired) electrons. The normalized spacial score (nSPS) is 13.4. The number of amides is 1. The van der Waals surface area contributed by atoms with Gasteiger partial charge in [-0.15, -0.1) is 0 Å². The van der Waals surface area contributed by atoms with E-state index < -0.39 is 11.3 Å². The number of nitriles is 1. The van der Waals surface area contributed by atoms with Gasteiger partial charge in [0.2, 0.25) is 5.91 Å². The zero-order chi connectivity index (χ0) is 20.4. The molecule has 27 heavy (non-hydrogen) atoms. The number of azide groups is 1. The van der Waals surface area contributed by atoms with Crippen LogP contribution in [0.2, 0.25) is 0 Å². The fourth-order valence-electron chi connectivity index (χ4n) is 2.84. The van der Waals surface area contributed by atoms with Gasteiger partial charge in [0.15, 0.2) is 0 Å². The van der Waals surface area contributed by atoms with Gasteiger partial charge in [0.05, 0.1) is 23.9 Å². The fourth-order valence-corrected chi connectivity index (χ4v) is 3.98. The van der Waals surface area contributed by atoms with Gasteiger partial charge in [0.25, 0.3) is 0 Å². The zero-order valence-corrected chi connectivity index (χ0v) is 17.1. The second-order valence-corrected chi connectivity index (χ2v) is 7.92. The number of rotatable bonds is 10. The fraction of sp³-hybridized carbons (Fsp3) is 0.526. The minimum atomic E-state index is -0.900. The van der Waals surface area contributed by atoms with Gasteiger partial charge >= 0.3 is 0 Å². The van der Waals surface area contributed by atoms with E-state index in [1.807, 2.05) is 33.8 Å². The average Bonchev–Trinajstić information content (AvgIpc) is 2.63. The zero-order valence-electron chi connectivity index (χ0n) is 16.1. The van der Waals surface area contributed by atoms with Crippen LogP contribution in [0.15, 0.2) is 23.3 Å². The summed E-state index contributed by atoms with van der Waals surface area (Å²) in [6.07, 6.45) is 1.92. The largest absolute Gasteiger partial charge is 0.374 e. The average molecular weight is 388 g/mol. The minimum Gasteiger partial charge on any atom is -0.374 e. The second-order valence-electron chi connectivity index (χ2n) is 6.73.